The van der Waals surface area contributed by atoms with Gasteiger partial charge in [-0.05, 0) is 36.4 Å². The Kier molecular flexibility index (Phi) is 6.49. The fraction of sp³-hybridized carbons (Fsp3) is 0.350. The van der Waals surface area contributed by atoms with Gasteiger partial charge < -0.3 is 14.8 Å². The Labute approximate surface area is 182 Å². The van der Waals surface area contributed by atoms with E-state index in [2.05, 4.69) is 45.6 Å². The first kappa shape index (κ1) is 22.6. The van der Waals surface area contributed by atoms with Crippen molar-refractivity contribution in [2.45, 2.75) is 32.0 Å². The normalized spacial score (nSPS) is 14.0. The highest BCUT2D eigenvalue weighted by Crippen LogP contribution is 2.39. The number of benzene rings is 2. The standard InChI is InChI=1S/C20H22BrF3N2O3Si/c1-30(2,3)9-8-28-12-26-18-11-14(29-20(22,23)24)5-7-17(18)25-16-6-4-13(21)10-15(16)19(26)27/h4-7,10-11,25H,8-9,12H2,1-3H3. The maximum atomic E-state index is 13.3. The van der Waals surface area contributed by atoms with Crippen LogP contribution in [0.4, 0.5) is 30.2 Å². The van der Waals surface area contributed by atoms with Crippen LogP contribution in [0.25, 0.3) is 0 Å². The van der Waals surface area contributed by atoms with Crippen LogP contribution in [0.3, 0.4) is 0 Å². The molecule has 30 heavy (non-hydrogen) atoms. The summed E-state index contributed by atoms with van der Waals surface area (Å²) in [5, 5.41) is 3.13. The van der Waals surface area contributed by atoms with Gasteiger partial charge in [0.15, 0.2) is 0 Å². The summed E-state index contributed by atoms with van der Waals surface area (Å²) in [6.45, 7) is 7.01. The second kappa shape index (κ2) is 8.60. The molecule has 1 aliphatic rings. The van der Waals surface area contributed by atoms with Gasteiger partial charge in [-0.1, -0.05) is 35.6 Å². The van der Waals surface area contributed by atoms with E-state index in [-0.39, 0.29) is 18.3 Å². The number of nitrogens with one attached hydrogen (secondary N) is 1. The largest absolute Gasteiger partial charge is 0.573 e. The Balaban J connectivity index is 1.96. The monoisotopic (exact) mass is 502 g/mol. The van der Waals surface area contributed by atoms with Crippen molar-refractivity contribution in [3.05, 3.63) is 46.4 Å². The highest BCUT2D eigenvalue weighted by molar-refractivity contribution is 9.10. The summed E-state index contributed by atoms with van der Waals surface area (Å²) in [6, 6.07) is 9.93. The number of hydrogen-bond donors (Lipinski definition) is 1. The highest BCUT2D eigenvalue weighted by atomic mass is 79.9. The minimum atomic E-state index is -4.83. The van der Waals surface area contributed by atoms with Gasteiger partial charge in [-0.15, -0.1) is 13.2 Å². The first-order valence-corrected chi connectivity index (χ1v) is 13.8. The lowest BCUT2D eigenvalue weighted by molar-refractivity contribution is -0.274. The van der Waals surface area contributed by atoms with Gasteiger partial charge in [0.25, 0.3) is 5.91 Å². The molecule has 2 aromatic rings. The van der Waals surface area contributed by atoms with Crippen LogP contribution in [0.5, 0.6) is 5.75 Å². The molecule has 3 rings (SSSR count). The number of rotatable bonds is 6. The van der Waals surface area contributed by atoms with Crippen LogP contribution in [0.15, 0.2) is 40.9 Å². The van der Waals surface area contributed by atoms with Crippen molar-refractivity contribution in [1.82, 2.24) is 0 Å². The molecule has 1 heterocycles. The van der Waals surface area contributed by atoms with E-state index in [9.17, 15) is 18.0 Å². The van der Waals surface area contributed by atoms with Crippen LogP contribution >= 0.6 is 15.9 Å². The molecule has 0 atom stereocenters. The number of amides is 1. The Morgan fingerprint density at radius 1 is 1.10 bits per heavy atom. The van der Waals surface area contributed by atoms with E-state index in [1.807, 2.05) is 0 Å². The molecule has 0 bridgehead atoms. The highest BCUT2D eigenvalue weighted by Gasteiger charge is 2.33. The van der Waals surface area contributed by atoms with Gasteiger partial charge in [-0.2, -0.15) is 0 Å². The van der Waals surface area contributed by atoms with Gasteiger partial charge >= 0.3 is 6.36 Å². The Morgan fingerprint density at radius 3 is 2.47 bits per heavy atom. The summed E-state index contributed by atoms with van der Waals surface area (Å²) in [7, 11) is -1.34. The minimum absolute atomic E-state index is 0.0839. The number of carbonyl (C=O) groups excluding carboxylic acids is 1. The molecule has 1 aliphatic heterocycles. The molecule has 1 amide bonds. The molecule has 0 fully saturated rings. The number of ether oxygens (including phenoxy) is 2. The number of nitrogens with zero attached hydrogens (tertiary/aromatic N) is 1. The second-order valence-corrected chi connectivity index (χ2v) is 14.7. The maximum absolute atomic E-state index is 13.3. The summed E-state index contributed by atoms with van der Waals surface area (Å²) in [4.78, 5) is 14.6. The predicted molar refractivity (Wildman–Crippen MR) is 116 cm³/mol. The fourth-order valence-electron chi connectivity index (χ4n) is 2.90. The summed E-state index contributed by atoms with van der Waals surface area (Å²) in [6.07, 6.45) is -4.83. The zero-order valence-electron chi connectivity index (χ0n) is 16.8. The molecule has 0 aromatic heterocycles. The average molecular weight is 503 g/mol. The van der Waals surface area contributed by atoms with Gasteiger partial charge in [0, 0.05) is 25.2 Å². The molecule has 1 N–H and O–H groups in total. The van der Waals surface area contributed by atoms with Crippen molar-refractivity contribution >= 4 is 47.0 Å². The minimum Gasteiger partial charge on any atom is -0.406 e. The van der Waals surface area contributed by atoms with Crippen LogP contribution < -0.4 is 15.0 Å². The van der Waals surface area contributed by atoms with Gasteiger partial charge in [-0.25, -0.2) is 0 Å². The Hall–Kier alpha value is -2.04. The lowest BCUT2D eigenvalue weighted by Gasteiger charge is -2.24. The van der Waals surface area contributed by atoms with Crippen molar-refractivity contribution in [2.24, 2.45) is 0 Å². The van der Waals surface area contributed by atoms with Gasteiger partial charge in [0.05, 0.1) is 22.6 Å². The third kappa shape index (κ3) is 5.76. The molecule has 2 aromatic carbocycles. The van der Waals surface area contributed by atoms with Crippen molar-refractivity contribution in [3.63, 3.8) is 0 Å². The van der Waals surface area contributed by atoms with Crippen molar-refractivity contribution in [1.29, 1.82) is 0 Å². The summed E-state index contributed by atoms with van der Waals surface area (Å²) in [5.74, 6) is -0.787. The van der Waals surface area contributed by atoms with Crippen LogP contribution in [0, 0.1) is 0 Å². The molecular formula is C20H22BrF3N2O3Si. The van der Waals surface area contributed by atoms with Gasteiger partial charge in [-0.3, -0.25) is 9.69 Å². The number of hydrogen-bond acceptors (Lipinski definition) is 4. The van der Waals surface area contributed by atoms with Crippen LogP contribution in [0.2, 0.25) is 25.7 Å². The van der Waals surface area contributed by atoms with Crippen LogP contribution in [0.1, 0.15) is 10.4 Å². The summed E-state index contributed by atoms with van der Waals surface area (Å²) >= 11 is 3.36. The molecule has 0 saturated carbocycles. The number of alkyl halides is 3. The zero-order chi connectivity index (χ0) is 22.1. The first-order chi connectivity index (χ1) is 13.9. The van der Waals surface area contributed by atoms with E-state index < -0.39 is 20.2 Å². The average Bonchev–Trinajstić information content (AvgIpc) is 2.72. The Morgan fingerprint density at radius 2 is 1.80 bits per heavy atom. The van der Waals surface area contributed by atoms with Crippen molar-refractivity contribution in [3.8, 4) is 5.75 Å². The zero-order valence-corrected chi connectivity index (χ0v) is 19.4. The van der Waals surface area contributed by atoms with Crippen LogP contribution in [-0.2, 0) is 4.74 Å². The van der Waals surface area contributed by atoms with Gasteiger partial charge in [0.1, 0.15) is 12.5 Å². The van der Waals surface area contributed by atoms with E-state index in [1.165, 1.54) is 23.1 Å². The third-order valence-electron chi connectivity index (χ3n) is 4.44. The van der Waals surface area contributed by atoms with E-state index in [0.29, 0.717) is 28.0 Å². The third-order valence-corrected chi connectivity index (χ3v) is 6.63. The first-order valence-electron chi connectivity index (χ1n) is 9.29. The quantitative estimate of drug-likeness (QED) is 0.368. The van der Waals surface area contributed by atoms with E-state index in [1.54, 1.807) is 18.2 Å². The molecule has 0 unspecified atom stereocenters. The second-order valence-electron chi connectivity index (χ2n) is 8.12. The van der Waals surface area contributed by atoms with E-state index >= 15 is 0 Å². The molecule has 10 heteroatoms. The smallest absolute Gasteiger partial charge is 0.406 e. The molecule has 0 aliphatic carbocycles. The molecule has 0 saturated heterocycles. The lowest BCUT2D eigenvalue weighted by Crippen LogP contribution is -2.33. The predicted octanol–water partition coefficient (Wildman–Crippen LogP) is 6.36. The fourth-order valence-corrected chi connectivity index (χ4v) is 4.02. The number of anilines is 3. The Bertz CT molecular complexity index is 948. The van der Waals surface area contributed by atoms with Crippen LogP contribution in [-0.4, -0.2) is 33.7 Å². The number of fused-ring (bicyclic) bond motifs is 2. The lowest BCUT2D eigenvalue weighted by atomic mass is 10.1. The molecule has 5 nitrogen and oxygen atoms in total. The molecule has 0 radical (unpaired) electrons. The van der Waals surface area contributed by atoms with E-state index in [4.69, 9.17) is 4.74 Å². The number of halogens is 4. The summed E-state index contributed by atoms with van der Waals surface area (Å²) in [5.41, 5.74) is 1.67. The van der Waals surface area contributed by atoms with Gasteiger partial charge in [0.2, 0.25) is 0 Å². The number of carbonyl (C=O) groups is 1. The topological polar surface area (TPSA) is 50.8 Å². The SMILES string of the molecule is C[Si](C)(C)CCOCN1C(=O)c2cc(Br)ccc2Nc2ccc(OC(F)(F)F)cc21. The van der Waals surface area contributed by atoms with E-state index in [0.717, 1.165) is 6.04 Å². The van der Waals surface area contributed by atoms with Crippen molar-refractivity contribution in [2.75, 3.05) is 23.6 Å². The maximum Gasteiger partial charge on any atom is 0.573 e. The van der Waals surface area contributed by atoms with Crippen molar-refractivity contribution < 1.29 is 27.4 Å². The summed E-state index contributed by atoms with van der Waals surface area (Å²) < 4.78 is 48.6. The molecule has 0 spiro atoms. The molecular weight excluding hydrogens is 481 g/mol. The molecule has 162 valence electrons.